The third-order valence-corrected chi connectivity index (χ3v) is 3.25. The maximum Gasteiger partial charge on any atom is 0.234 e. The van der Waals surface area contributed by atoms with Crippen molar-refractivity contribution in [2.45, 2.75) is 31.8 Å². The molecule has 1 aromatic rings. The van der Waals surface area contributed by atoms with Crippen LogP contribution < -0.4 is 10.6 Å². The van der Waals surface area contributed by atoms with E-state index in [1.807, 2.05) is 10.9 Å². The summed E-state index contributed by atoms with van der Waals surface area (Å²) in [6.45, 7) is 0.939. The number of amides is 1. The zero-order valence-electron chi connectivity index (χ0n) is 10.6. The van der Waals surface area contributed by atoms with Crippen molar-refractivity contribution in [3.05, 3.63) is 17.5 Å². The van der Waals surface area contributed by atoms with Gasteiger partial charge in [-0.2, -0.15) is 5.10 Å². The van der Waals surface area contributed by atoms with Gasteiger partial charge in [0, 0.05) is 11.3 Å². The van der Waals surface area contributed by atoms with Gasteiger partial charge in [-0.25, -0.2) is 0 Å². The van der Waals surface area contributed by atoms with Gasteiger partial charge >= 0.3 is 0 Å². The first-order valence-corrected chi connectivity index (χ1v) is 6.35. The molecule has 1 aromatic heterocycles. The van der Waals surface area contributed by atoms with Crippen molar-refractivity contribution in [1.82, 2.24) is 20.4 Å². The minimum Gasteiger partial charge on any atom is -0.394 e. The monoisotopic (exact) mass is 252 g/mol. The van der Waals surface area contributed by atoms with E-state index in [0.29, 0.717) is 13.1 Å². The van der Waals surface area contributed by atoms with Crippen LogP contribution in [-0.2, 0) is 17.8 Å². The van der Waals surface area contributed by atoms with Crippen molar-refractivity contribution in [2.24, 2.45) is 0 Å². The first kappa shape index (κ1) is 13.0. The van der Waals surface area contributed by atoms with Crippen LogP contribution in [0.4, 0.5) is 0 Å². The number of aromatic nitrogens is 2. The van der Waals surface area contributed by atoms with E-state index in [0.717, 1.165) is 30.5 Å². The summed E-state index contributed by atoms with van der Waals surface area (Å²) in [7, 11) is 1.76. The normalized spacial score (nSPS) is 18.4. The maximum atomic E-state index is 11.6. The lowest BCUT2D eigenvalue weighted by atomic mass is 9.93. The van der Waals surface area contributed by atoms with Gasteiger partial charge in [0.15, 0.2) is 0 Å². The molecule has 6 nitrogen and oxygen atoms in total. The van der Waals surface area contributed by atoms with Gasteiger partial charge < -0.3 is 15.7 Å². The summed E-state index contributed by atoms with van der Waals surface area (Å²) in [5, 5.41) is 19.1. The smallest absolute Gasteiger partial charge is 0.234 e. The van der Waals surface area contributed by atoms with Crippen LogP contribution in [0.2, 0.25) is 0 Å². The number of aliphatic hydroxyl groups excluding tert-OH is 1. The Morgan fingerprint density at radius 2 is 2.50 bits per heavy atom. The zero-order valence-corrected chi connectivity index (χ0v) is 10.6. The van der Waals surface area contributed by atoms with E-state index < -0.39 is 0 Å². The first-order valence-electron chi connectivity index (χ1n) is 6.35. The van der Waals surface area contributed by atoms with Crippen molar-refractivity contribution in [2.75, 3.05) is 20.2 Å². The van der Waals surface area contributed by atoms with E-state index in [4.69, 9.17) is 5.11 Å². The van der Waals surface area contributed by atoms with Gasteiger partial charge in [0.1, 0.15) is 0 Å². The summed E-state index contributed by atoms with van der Waals surface area (Å²) in [6.07, 6.45) is 4.77. The fraction of sp³-hybridized carbons (Fsp3) is 0.667. The summed E-state index contributed by atoms with van der Waals surface area (Å²) in [6, 6.07) is 0.0574. The largest absolute Gasteiger partial charge is 0.394 e. The second-order valence-electron chi connectivity index (χ2n) is 4.54. The van der Waals surface area contributed by atoms with Gasteiger partial charge in [0.2, 0.25) is 5.91 Å². The van der Waals surface area contributed by atoms with Crippen molar-refractivity contribution in [3.8, 4) is 0 Å². The number of hydrogen-bond donors (Lipinski definition) is 3. The number of aliphatic hydroxyl groups is 1. The van der Waals surface area contributed by atoms with E-state index in [2.05, 4.69) is 15.7 Å². The SMILES string of the molecule is CNCC(=O)NC1CCCc2c1cnn2CCO. The molecule has 0 radical (unpaired) electrons. The zero-order chi connectivity index (χ0) is 13.0. The van der Waals surface area contributed by atoms with Crippen LogP contribution in [0, 0.1) is 0 Å². The Balaban J connectivity index is 2.10. The molecule has 1 aliphatic carbocycles. The lowest BCUT2D eigenvalue weighted by molar-refractivity contribution is -0.121. The molecular weight excluding hydrogens is 232 g/mol. The standard InChI is InChI=1S/C12H20N4O2/c1-13-8-12(18)15-10-3-2-4-11-9(10)7-14-16(11)5-6-17/h7,10,13,17H,2-6,8H2,1H3,(H,15,18). The van der Waals surface area contributed by atoms with Gasteiger partial charge in [-0.3, -0.25) is 9.48 Å². The topological polar surface area (TPSA) is 79.2 Å². The highest BCUT2D eigenvalue weighted by Gasteiger charge is 2.25. The predicted molar refractivity (Wildman–Crippen MR) is 67.1 cm³/mol. The fourth-order valence-electron chi connectivity index (χ4n) is 2.46. The number of carbonyl (C=O) groups excluding carboxylic acids is 1. The molecule has 0 fully saturated rings. The predicted octanol–water partition coefficient (Wildman–Crippen LogP) is -0.412. The third-order valence-electron chi connectivity index (χ3n) is 3.25. The highest BCUT2D eigenvalue weighted by molar-refractivity contribution is 5.78. The Kier molecular flexibility index (Phi) is 4.33. The van der Waals surface area contributed by atoms with E-state index >= 15 is 0 Å². The van der Waals surface area contributed by atoms with Crippen molar-refractivity contribution in [1.29, 1.82) is 0 Å². The highest BCUT2D eigenvalue weighted by Crippen LogP contribution is 2.29. The van der Waals surface area contributed by atoms with Crippen molar-refractivity contribution in [3.63, 3.8) is 0 Å². The molecule has 100 valence electrons. The lowest BCUT2D eigenvalue weighted by Gasteiger charge is -2.24. The minimum absolute atomic E-state index is 0.00487. The number of fused-ring (bicyclic) bond motifs is 1. The Morgan fingerprint density at radius 3 is 3.22 bits per heavy atom. The average Bonchev–Trinajstić information content (AvgIpc) is 2.75. The highest BCUT2D eigenvalue weighted by atomic mass is 16.3. The second-order valence-corrected chi connectivity index (χ2v) is 4.54. The van der Waals surface area contributed by atoms with E-state index in [1.54, 1.807) is 7.05 Å². The summed E-state index contributed by atoms with van der Waals surface area (Å²) >= 11 is 0. The van der Waals surface area contributed by atoms with Crippen LogP contribution >= 0.6 is 0 Å². The Hall–Kier alpha value is -1.40. The van der Waals surface area contributed by atoms with Crippen LogP contribution in [0.25, 0.3) is 0 Å². The molecule has 0 saturated carbocycles. The molecule has 1 amide bonds. The maximum absolute atomic E-state index is 11.6. The molecule has 1 atom stereocenters. The molecule has 0 aliphatic heterocycles. The van der Waals surface area contributed by atoms with Crippen molar-refractivity contribution >= 4 is 5.91 Å². The third kappa shape index (κ3) is 2.70. The van der Waals surface area contributed by atoms with Crippen LogP contribution in [0.15, 0.2) is 6.20 Å². The molecule has 1 unspecified atom stereocenters. The number of nitrogens with one attached hydrogen (secondary N) is 2. The summed E-state index contributed by atoms with van der Waals surface area (Å²) in [4.78, 5) is 11.6. The molecule has 1 heterocycles. The fourth-order valence-corrected chi connectivity index (χ4v) is 2.46. The molecule has 0 bridgehead atoms. The molecule has 6 heteroatoms. The van der Waals surface area contributed by atoms with Gasteiger partial charge in [-0.1, -0.05) is 0 Å². The average molecular weight is 252 g/mol. The van der Waals surface area contributed by atoms with Crippen molar-refractivity contribution < 1.29 is 9.90 Å². The molecule has 0 spiro atoms. The van der Waals surface area contributed by atoms with E-state index in [9.17, 15) is 4.79 Å². The Bertz CT molecular complexity index is 416. The van der Waals surface area contributed by atoms with Gasteiger partial charge in [0.25, 0.3) is 0 Å². The Morgan fingerprint density at radius 1 is 1.67 bits per heavy atom. The molecule has 3 N–H and O–H groups in total. The van der Waals surface area contributed by atoms with Gasteiger partial charge in [-0.05, 0) is 26.3 Å². The molecule has 0 saturated heterocycles. The molecule has 2 rings (SSSR count). The Labute approximate surface area is 106 Å². The number of nitrogens with zero attached hydrogens (tertiary/aromatic N) is 2. The summed E-state index contributed by atoms with van der Waals surface area (Å²) in [5.74, 6) is 0.00487. The summed E-state index contributed by atoms with van der Waals surface area (Å²) < 4.78 is 1.84. The number of carbonyl (C=O) groups is 1. The van der Waals surface area contributed by atoms with Gasteiger partial charge in [0.05, 0.1) is 31.9 Å². The molecule has 1 aliphatic rings. The van der Waals surface area contributed by atoms with E-state index in [-0.39, 0.29) is 18.6 Å². The summed E-state index contributed by atoms with van der Waals surface area (Å²) in [5.41, 5.74) is 2.24. The van der Waals surface area contributed by atoms with Gasteiger partial charge in [-0.15, -0.1) is 0 Å². The van der Waals surface area contributed by atoms with Crippen LogP contribution in [-0.4, -0.2) is 41.0 Å². The molecule has 0 aromatic carbocycles. The van der Waals surface area contributed by atoms with E-state index in [1.165, 1.54) is 0 Å². The first-order chi connectivity index (χ1) is 8.76. The second kappa shape index (κ2) is 5.97. The number of rotatable bonds is 5. The number of hydrogen-bond acceptors (Lipinski definition) is 4. The minimum atomic E-state index is 0.00487. The van der Waals surface area contributed by atoms with Crippen LogP contribution in [0.5, 0.6) is 0 Å². The number of likely N-dealkylation sites (N-methyl/N-ethyl adjacent to an activating group) is 1. The quantitative estimate of drug-likeness (QED) is 0.665. The van der Waals surface area contributed by atoms with Crippen LogP contribution in [0.3, 0.4) is 0 Å². The molecule has 18 heavy (non-hydrogen) atoms. The molecular formula is C12H20N4O2. The van der Waals surface area contributed by atoms with Crippen LogP contribution in [0.1, 0.15) is 30.1 Å². The lowest BCUT2D eigenvalue weighted by Crippen LogP contribution is -2.36.